The van der Waals surface area contributed by atoms with Crippen LogP contribution in [-0.4, -0.2) is 34.7 Å². The Kier molecular flexibility index (Phi) is 6.82. The Bertz CT molecular complexity index is 1620. The van der Waals surface area contributed by atoms with Crippen molar-refractivity contribution in [3.8, 4) is 22.8 Å². The largest absolute Gasteiger partial charge is 0.439 e. The van der Waals surface area contributed by atoms with Gasteiger partial charge in [0.1, 0.15) is 11.6 Å². The van der Waals surface area contributed by atoms with Crippen LogP contribution in [0.15, 0.2) is 84.8 Å². The highest BCUT2D eigenvalue weighted by atomic mass is 19.1. The maximum Gasteiger partial charge on any atom is 0.256 e. The molecule has 0 bridgehead atoms. The molecule has 2 N–H and O–H groups in total. The van der Waals surface area contributed by atoms with Crippen molar-refractivity contribution in [3.05, 3.63) is 102 Å². The maximum absolute atomic E-state index is 13.5. The molecule has 200 valence electrons. The van der Waals surface area contributed by atoms with Gasteiger partial charge in [-0.1, -0.05) is 12.1 Å². The van der Waals surface area contributed by atoms with E-state index < -0.39 is 0 Å². The summed E-state index contributed by atoms with van der Waals surface area (Å²) in [5.74, 6) is 0.115. The van der Waals surface area contributed by atoms with Gasteiger partial charge in [-0.2, -0.15) is 0 Å². The number of halogens is 1. The standard InChI is InChI=1S/C32H28FN5O2/c1-20-30(32(39)37-24-8-12-29(36-18-24)40-26-9-6-23(33)7-10-26)28-16-21(5-11-27(28)31(20)34)22-15-25(19-35-17-22)38-13-3-2-4-14-38/h5-12,15-19,34H,2-4,13-14H2,1H3,(H,37,39). The predicted molar refractivity (Wildman–Crippen MR) is 155 cm³/mol. The van der Waals surface area contributed by atoms with E-state index in [2.05, 4.69) is 26.3 Å². The van der Waals surface area contributed by atoms with Crippen molar-refractivity contribution in [2.45, 2.75) is 26.2 Å². The number of pyridine rings is 2. The summed E-state index contributed by atoms with van der Waals surface area (Å²) in [5.41, 5.74) is 6.40. The molecular weight excluding hydrogens is 505 g/mol. The van der Waals surface area contributed by atoms with E-state index in [0.717, 1.165) is 41.0 Å². The van der Waals surface area contributed by atoms with Gasteiger partial charge in [-0.25, -0.2) is 9.37 Å². The molecule has 1 saturated heterocycles. The molecule has 0 spiro atoms. The van der Waals surface area contributed by atoms with Crippen LogP contribution < -0.4 is 15.0 Å². The number of nitrogens with one attached hydrogen (secondary N) is 2. The number of ether oxygens (including phenoxy) is 1. The van der Waals surface area contributed by atoms with Crippen LogP contribution in [-0.2, 0) is 4.79 Å². The SMILES string of the molecule is CC1=C(C(=O)Nc2ccc(Oc3ccc(F)cc3)nc2)c2cc(-c3cncc(N4CCCCC4)c3)ccc2C1=N. The molecule has 4 aromatic rings. The number of allylic oxidation sites excluding steroid dienone is 1. The van der Waals surface area contributed by atoms with Gasteiger partial charge in [-0.3, -0.25) is 15.2 Å². The number of rotatable bonds is 6. The van der Waals surface area contributed by atoms with Gasteiger partial charge < -0.3 is 15.0 Å². The average molecular weight is 534 g/mol. The topological polar surface area (TPSA) is 91.2 Å². The van der Waals surface area contributed by atoms with Crippen LogP contribution in [0.3, 0.4) is 0 Å². The normalized spacial score (nSPS) is 14.8. The summed E-state index contributed by atoms with van der Waals surface area (Å²) in [6.45, 7) is 3.87. The Labute approximate surface area is 231 Å². The zero-order valence-corrected chi connectivity index (χ0v) is 22.1. The summed E-state index contributed by atoms with van der Waals surface area (Å²) in [7, 11) is 0. The highest BCUT2D eigenvalue weighted by molar-refractivity contribution is 6.38. The number of nitrogens with zero attached hydrogens (tertiary/aromatic N) is 3. The van der Waals surface area contributed by atoms with Crippen LogP contribution >= 0.6 is 0 Å². The van der Waals surface area contributed by atoms with E-state index in [4.69, 9.17) is 10.1 Å². The van der Waals surface area contributed by atoms with E-state index >= 15 is 0 Å². The first-order chi connectivity index (χ1) is 19.5. The molecule has 0 atom stereocenters. The number of benzene rings is 2. The van der Waals surface area contributed by atoms with E-state index in [9.17, 15) is 9.18 Å². The number of aromatic nitrogens is 2. The van der Waals surface area contributed by atoms with Gasteiger partial charge in [0.15, 0.2) is 0 Å². The van der Waals surface area contributed by atoms with E-state index in [-0.39, 0.29) is 11.7 Å². The second-order valence-corrected chi connectivity index (χ2v) is 10.0. The van der Waals surface area contributed by atoms with Crippen molar-refractivity contribution in [3.63, 3.8) is 0 Å². The molecule has 1 fully saturated rings. The van der Waals surface area contributed by atoms with E-state index in [1.807, 2.05) is 30.6 Å². The Morgan fingerprint density at radius 1 is 0.925 bits per heavy atom. The molecule has 0 radical (unpaired) electrons. The highest BCUT2D eigenvalue weighted by Crippen LogP contribution is 2.37. The fourth-order valence-corrected chi connectivity index (χ4v) is 5.21. The number of anilines is 2. The van der Waals surface area contributed by atoms with E-state index in [1.54, 1.807) is 19.1 Å². The summed E-state index contributed by atoms with van der Waals surface area (Å²) in [6, 6.07) is 17.0. The smallest absolute Gasteiger partial charge is 0.256 e. The molecule has 7 nitrogen and oxygen atoms in total. The summed E-state index contributed by atoms with van der Waals surface area (Å²) in [4.78, 5) is 24.6. The quantitative estimate of drug-likeness (QED) is 0.283. The van der Waals surface area contributed by atoms with Crippen molar-refractivity contribution in [1.82, 2.24) is 9.97 Å². The van der Waals surface area contributed by atoms with Crippen molar-refractivity contribution >= 4 is 28.6 Å². The molecule has 2 aromatic heterocycles. The molecule has 3 heterocycles. The molecule has 2 aromatic carbocycles. The third-order valence-corrected chi connectivity index (χ3v) is 7.34. The summed E-state index contributed by atoms with van der Waals surface area (Å²) >= 11 is 0. The van der Waals surface area contributed by atoms with Crippen molar-refractivity contribution in [2.75, 3.05) is 23.3 Å². The number of piperidine rings is 1. The molecule has 1 aliphatic heterocycles. The Morgan fingerprint density at radius 3 is 2.48 bits per heavy atom. The second-order valence-electron chi connectivity index (χ2n) is 10.0. The number of fused-ring (bicyclic) bond motifs is 1. The maximum atomic E-state index is 13.5. The summed E-state index contributed by atoms with van der Waals surface area (Å²) in [5, 5.41) is 11.5. The molecule has 1 amide bonds. The number of carbonyl (C=O) groups excluding carboxylic acids is 1. The molecule has 2 aliphatic rings. The first-order valence-corrected chi connectivity index (χ1v) is 13.3. The zero-order chi connectivity index (χ0) is 27.6. The van der Waals surface area contributed by atoms with Gasteiger partial charge in [0, 0.05) is 36.5 Å². The van der Waals surface area contributed by atoms with Gasteiger partial charge in [0.25, 0.3) is 5.91 Å². The molecule has 1 aliphatic carbocycles. The Hall–Kier alpha value is -4.85. The third kappa shape index (κ3) is 5.08. The first kappa shape index (κ1) is 25.4. The second kappa shape index (κ2) is 10.7. The molecule has 0 saturated carbocycles. The lowest BCUT2D eigenvalue weighted by Gasteiger charge is -2.28. The molecular formula is C32H28FN5O2. The third-order valence-electron chi connectivity index (χ3n) is 7.34. The lowest BCUT2D eigenvalue weighted by atomic mass is 9.97. The van der Waals surface area contributed by atoms with Crippen LogP contribution in [0.4, 0.5) is 15.8 Å². The van der Waals surface area contributed by atoms with Crippen LogP contribution in [0.2, 0.25) is 0 Å². The van der Waals surface area contributed by atoms with Gasteiger partial charge >= 0.3 is 0 Å². The molecule has 8 heteroatoms. The van der Waals surface area contributed by atoms with Crippen molar-refractivity contribution in [1.29, 1.82) is 5.41 Å². The van der Waals surface area contributed by atoms with E-state index in [0.29, 0.717) is 34.2 Å². The monoisotopic (exact) mass is 533 g/mol. The summed E-state index contributed by atoms with van der Waals surface area (Å²) in [6.07, 6.45) is 8.89. The number of hydrogen-bond acceptors (Lipinski definition) is 6. The van der Waals surface area contributed by atoms with Crippen molar-refractivity contribution < 1.29 is 13.9 Å². The fraction of sp³-hybridized carbons (Fsp3) is 0.188. The predicted octanol–water partition coefficient (Wildman–Crippen LogP) is 6.86. The van der Waals surface area contributed by atoms with Crippen LogP contribution in [0, 0.1) is 11.2 Å². The minimum atomic E-state index is -0.348. The van der Waals surface area contributed by atoms with Gasteiger partial charge in [-0.15, -0.1) is 0 Å². The minimum Gasteiger partial charge on any atom is -0.439 e. The molecule has 6 rings (SSSR count). The zero-order valence-electron chi connectivity index (χ0n) is 22.1. The Balaban J connectivity index is 1.22. The fourth-order valence-electron chi connectivity index (χ4n) is 5.21. The first-order valence-electron chi connectivity index (χ1n) is 13.3. The van der Waals surface area contributed by atoms with E-state index in [1.165, 1.54) is 49.7 Å². The molecule has 0 unspecified atom stereocenters. The Morgan fingerprint density at radius 2 is 1.73 bits per heavy atom. The number of amides is 1. The van der Waals surface area contributed by atoms with Crippen LogP contribution in [0.5, 0.6) is 11.6 Å². The lowest BCUT2D eigenvalue weighted by Crippen LogP contribution is -2.29. The van der Waals surface area contributed by atoms with Crippen LogP contribution in [0.1, 0.15) is 37.3 Å². The average Bonchev–Trinajstić information content (AvgIpc) is 3.24. The lowest BCUT2D eigenvalue weighted by molar-refractivity contribution is -0.111. The molecule has 40 heavy (non-hydrogen) atoms. The van der Waals surface area contributed by atoms with Crippen molar-refractivity contribution in [2.24, 2.45) is 0 Å². The van der Waals surface area contributed by atoms with Gasteiger partial charge in [0.05, 0.1) is 35.1 Å². The van der Waals surface area contributed by atoms with Gasteiger partial charge in [-0.05, 0) is 85.4 Å². The van der Waals surface area contributed by atoms with Crippen LogP contribution in [0.25, 0.3) is 16.7 Å². The highest BCUT2D eigenvalue weighted by Gasteiger charge is 2.29. The minimum absolute atomic E-state index is 0.313. The summed E-state index contributed by atoms with van der Waals surface area (Å²) < 4.78 is 18.8. The number of hydrogen-bond donors (Lipinski definition) is 2. The van der Waals surface area contributed by atoms with Gasteiger partial charge in [0.2, 0.25) is 5.88 Å². The number of carbonyl (C=O) groups is 1.